The Morgan fingerprint density at radius 1 is 1.10 bits per heavy atom. The minimum absolute atomic E-state index is 0.121. The summed E-state index contributed by atoms with van der Waals surface area (Å²) in [6, 6.07) is 6.76. The third-order valence-corrected chi connectivity index (χ3v) is 11.1. The molecule has 3 heterocycles. The Kier molecular flexibility index (Phi) is 13.9. The summed E-state index contributed by atoms with van der Waals surface area (Å²) in [5.41, 5.74) is 1.78. The molecule has 1 aromatic heterocycles. The average molecular weight is 725 g/mol. The highest BCUT2D eigenvalue weighted by Gasteiger charge is 2.44. The number of carboxylic acids is 1. The summed E-state index contributed by atoms with van der Waals surface area (Å²) in [4.78, 5) is 74.1. The van der Waals surface area contributed by atoms with Crippen molar-refractivity contribution in [2.45, 2.75) is 103 Å². The van der Waals surface area contributed by atoms with Crippen LogP contribution in [0.5, 0.6) is 0 Å². The van der Waals surface area contributed by atoms with Crippen molar-refractivity contribution in [3.05, 3.63) is 52.0 Å². The lowest BCUT2D eigenvalue weighted by molar-refractivity contribution is -0.476. The molecule has 2 aliphatic rings. The topological polar surface area (TPSA) is 164 Å². The standard InChI is InChI=1S/C37H53N7O6S/c1-8-22(2)31(41-33(46)29-16-12-13-17-43(29)7)34(47)39-27-20-30(44(24(27)4)37(50)42(5)6)35-40-28(21-51-35)32(45)38-26(18-23(3)36(48)49)19-25-14-10-9-11-15-25/h9-11,14-15,21-23,26-27,29-31H,8,12-13,16-20H2,1-7H3,(H3-,38,39,41,45,46,47,48,49)/p+1. The number of carbonyl (C=O) groups is 5. The Labute approximate surface area is 304 Å². The lowest BCUT2D eigenvalue weighted by Crippen LogP contribution is -2.57. The molecular weight excluding hydrogens is 671 g/mol. The Morgan fingerprint density at radius 2 is 1.80 bits per heavy atom. The van der Waals surface area contributed by atoms with Crippen LogP contribution in [0.4, 0.5) is 4.79 Å². The minimum atomic E-state index is -0.937. The van der Waals surface area contributed by atoms with Gasteiger partial charge in [0, 0.05) is 17.8 Å². The van der Waals surface area contributed by atoms with Crippen LogP contribution in [0.15, 0.2) is 35.7 Å². The maximum absolute atomic E-state index is 13.9. The Hall–Kier alpha value is -4.17. The van der Waals surface area contributed by atoms with Crippen LogP contribution in [0.3, 0.4) is 0 Å². The van der Waals surface area contributed by atoms with Crippen LogP contribution in [0.1, 0.15) is 93.3 Å². The summed E-state index contributed by atoms with van der Waals surface area (Å²) < 4.78 is 1.62. The van der Waals surface area contributed by atoms with E-state index in [-0.39, 0.29) is 41.9 Å². The van der Waals surface area contributed by atoms with Gasteiger partial charge in [-0.2, -0.15) is 9.37 Å². The maximum atomic E-state index is 13.9. The molecule has 13 nitrogen and oxygen atoms in total. The van der Waals surface area contributed by atoms with E-state index in [1.54, 1.807) is 37.9 Å². The summed E-state index contributed by atoms with van der Waals surface area (Å²) in [6.07, 6.45) is 4.48. The predicted molar refractivity (Wildman–Crippen MR) is 196 cm³/mol. The Balaban J connectivity index is 1.53. The summed E-state index contributed by atoms with van der Waals surface area (Å²) >= 11 is 1.25. The number of nitrogens with zero attached hydrogens (tertiary/aromatic N) is 4. The van der Waals surface area contributed by atoms with E-state index < -0.39 is 42.0 Å². The Bertz CT molecular complexity index is 1590. The number of urea groups is 1. The van der Waals surface area contributed by atoms with Crippen molar-refractivity contribution in [3.63, 3.8) is 0 Å². The molecule has 0 saturated carbocycles. The smallest absolute Gasteiger partial charge is 0.481 e. The molecule has 2 aliphatic heterocycles. The number of carboxylic acid groups (broad SMARTS) is 1. The molecule has 5 amide bonds. The van der Waals surface area contributed by atoms with Gasteiger partial charge < -0.3 is 21.1 Å². The molecule has 0 bridgehead atoms. The van der Waals surface area contributed by atoms with Gasteiger partial charge in [-0.25, -0.2) is 9.88 Å². The monoisotopic (exact) mass is 724 g/mol. The maximum Gasteiger partial charge on any atom is 0.493 e. The number of hydrogen-bond acceptors (Lipinski definition) is 8. The zero-order valence-electron chi connectivity index (χ0n) is 30.8. The highest BCUT2D eigenvalue weighted by atomic mass is 32.1. The van der Waals surface area contributed by atoms with Crippen LogP contribution >= 0.6 is 11.3 Å². The number of aliphatic carboxylic acids is 1. The fourth-order valence-corrected chi connectivity index (χ4v) is 7.73. The van der Waals surface area contributed by atoms with Gasteiger partial charge in [-0.05, 0) is 57.7 Å². The first kappa shape index (κ1) is 39.6. The quantitative estimate of drug-likeness (QED) is 0.215. The van der Waals surface area contributed by atoms with Crippen molar-refractivity contribution in [1.82, 2.24) is 30.7 Å². The van der Waals surface area contributed by atoms with Crippen molar-refractivity contribution in [3.8, 4) is 0 Å². The van der Waals surface area contributed by atoms with Gasteiger partial charge in [-0.15, -0.1) is 11.3 Å². The van der Waals surface area contributed by atoms with E-state index >= 15 is 0 Å². The molecule has 2 aromatic rings. The molecule has 278 valence electrons. The number of thiazole rings is 1. The van der Waals surface area contributed by atoms with Gasteiger partial charge in [-0.1, -0.05) is 63.9 Å². The molecule has 1 saturated heterocycles. The van der Waals surface area contributed by atoms with E-state index in [4.69, 9.17) is 0 Å². The zero-order valence-corrected chi connectivity index (χ0v) is 31.7. The number of rotatable bonds is 14. The highest BCUT2D eigenvalue weighted by Crippen LogP contribution is 2.32. The van der Waals surface area contributed by atoms with Crippen molar-refractivity contribution >= 4 is 46.8 Å². The van der Waals surface area contributed by atoms with E-state index in [9.17, 15) is 29.1 Å². The first-order valence-electron chi connectivity index (χ1n) is 17.9. The van der Waals surface area contributed by atoms with E-state index in [1.807, 2.05) is 56.1 Å². The van der Waals surface area contributed by atoms with Gasteiger partial charge in [0.1, 0.15) is 22.5 Å². The van der Waals surface area contributed by atoms with Crippen LogP contribution in [0.25, 0.3) is 0 Å². The third kappa shape index (κ3) is 10.0. The van der Waals surface area contributed by atoms with Gasteiger partial charge >= 0.3 is 12.0 Å². The van der Waals surface area contributed by atoms with Gasteiger partial charge in [-0.3, -0.25) is 24.1 Å². The van der Waals surface area contributed by atoms with Crippen LogP contribution in [-0.4, -0.2) is 112 Å². The summed E-state index contributed by atoms with van der Waals surface area (Å²) in [6.45, 7) is 8.19. The van der Waals surface area contributed by atoms with Crippen molar-refractivity contribution in [1.29, 1.82) is 0 Å². The molecule has 0 spiro atoms. The van der Waals surface area contributed by atoms with E-state index in [0.717, 1.165) is 31.4 Å². The van der Waals surface area contributed by atoms with Gasteiger partial charge in [0.25, 0.3) is 5.91 Å². The molecule has 0 aliphatic carbocycles. The van der Waals surface area contributed by atoms with Gasteiger partial charge in [0.15, 0.2) is 6.04 Å². The second-order valence-corrected chi connectivity index (χ2v) is 15.2. The van der Waals surface area contributed by atoms with E-state index in [1.165, 1.54) is 16.2 Å². The van der Waals surface area contributed by atoms with E-state index in [0.29, 0.717) is 30.0 Å². The van der Waals surface area contributed by atoms with Crippen LogP contribution < -0.4 is 16.0 Å². The lowest BCUT2D eigenvalue weighted by Gasteiger charge is -2.33. The molecular formula is C37H54N7O6S+. The molecule has 51 heavy (non-hydrogen) atoms. The molecule has 14 heteroatoms. The SMILES string of the molecule is CCC(C)C(NC(=O)C1CCCCN1C)C(=O)NC1CC(c2nc(C(=O)NC(Cc3ccccc3)CC(C)C(=O)O)cs2)[N+](C(=O)N(C)C)=C1C. The zero-order chi connectivity index (χ0) is 37.4. The molecule has 4 N–H and O–H groups in total. The van der Waals surface area contributed by atoms with E-state index in [2.05, 4.69) is 20.9 Å². The number of hydrogen-bond donors (Lipinski definition) is 4. The molecule has 0 radical (unpaired) electrons. The first-order chi connectivity index (χ1) is 24.2. The number of benzene rings is 1. The molecule has 7 atom stereocenters. The summed E-state index contributed by atoms with van der Waals surface area (Å²) in [5, 5.41) is 20.9. The van der Waals surface area contributed by atoms with Crippen molar-refractivity contribution < 1.29 is 33.7 Å². The van der Waals surface area contributed by atoms with Crippen molar-refractivity contribution in [2.24, 2.45) is 11.8 Å². The molecule has 1 fully saturated rings. The van der Waals surface area contributed by atoms with Gasteiger partial charge in [0.2, 0.25) is 11.8 Å². The van der Waals surface area contributed by atoms with Crippen LogP contribution in [0.2, 0.25) is 0 Å². The fourth-order valence-electron chi connectivity index (χ4n) is 6.83. The predicted octanol–water partition coefficient (Wildman–Crippen LogP) is 3.69. The fraction of sp³-hybridized carbons (Fsp3) is 0.595. The molecule has 1 aromatic carbocycles. The number of likely N-dealkylation sites (tertiary alicyclic amines) is 1. The highest BCUT2D eigenvalue weighted by molar-refractivity contribution is 7.09. The minimum Gasteiger partial charge on any atom is -0.481 e. The van der Waals surface area contributed by atoms with Crippen LogP contribution in [-0.2, 0) is 20.8 Å². The first-order valence-corrected chi connectivity index (χ1v) is 18.8. The largest absolute Gasteiger partial charge is 0.493 e. The summed E-state index contributed by atoms with van der Waals surface area (Å²) in [5.74, 6) is -2.61. The normalized spacial score (nSPS) is 21.7. The number of piperidine rings is 1. The lowest BCUT2D eigenvalue weighted by atomic mass is 9.96. The number of likely N-dealkylation sites (N-methyl/N-ethyl adjacent to an activating group) is 1. The number of carbonyl (C=O) groups excluding carboxylic acids is 4. The van der Waals surface area contributed by atoms with Crippen molar-refractivity contribution in [2.75, 3.05) is 27.7 Å². The van der Waals surface area contributed by atoms with Gasteiger partial charge in [0.05, 0.1) is 32.1 Å². The second-order valence-electron chi connectivity index (χ2n) is 14.3. The third-order valence-electron chi connectivity index (χ3n) is 10.2. The Morgan fingerprint density at radius 3 is 2.43 bits per heavy atom. The number of amides is 5. The number of nitrogens with one attached hydrogen (secondary N) is 3. The average Bonchev–Trinajstić information content (AvgIpc) is 3.71. The molecule has 4 rings (SSSR count). The summed E-state index contributed by atoms with van der Waals surface area (Å²) in [7, 11) is 5.24. The second kappa shape index (κ2) is 17.9. The molecule has 7 unspecified atom stereocenters. The van der Waals surface area contributed by atoms with Crippen LogP contribution in [0, 0.1) is 11.8 Å². The number of aromatic nitrogens is 1.